The number of nitrogens with zero attached hydrogens (tertiary/aromatic N) is 1. The van der Waals surface area contributed by atoms with E-state index >= 15 is 0 Å². The number of benzene rings is 2. The third-order valence-corrected chi connectivity index (χ3v) is 3.45. The quantitative estimate of drug-likeness (QED) is 0.809. The number of nitrogens with two attached hydrogens (primary N) is 1. The average molecular weight is 340 g/mol. The van der Waals surface area contributed by atoms with Crippen molar-refractivity contribution in [2.75, 3.05) is 6.61 Å². The van der Waals surface area contributed by atoms with E-state index < -0.39 is 30.3 Å². The lowest BCUT2D eigenvalue weighted by Gasteiger charge is -2.13. The van der Waals surface area contributed by atoms with Crippen molar-refractivity contribution in [2.45, 2.75) is 0 Å². The summed E-state index contributed by atoms with van der Waals surface area (Å²) in [6, 6.07) is 11.9. The van der Waals surface area contributed by atoms with Gasteiger partial charge in [0.15, 0.2) is 6.61 Å². The first kappa shape index (κ1) is 16.2. The molecule has 3 amide bonds. The molecule has 0 saturated heterocycles. The van der Waals surface area contributed by atoms with Crippen LogP contribution in [0.2, 0.25) is 0 Å². The molecule has 3 rings (SSSR count). The van der Waals surface area contributed by atoms with Gasteiger partial charge in [-0.15, -0.1) is 0 Å². The van der Waals surface area contributed by atoms with E-state index in [1.165, 1.54) is 36.4 Å². The van der Waals surface area contributed by atoms with Crippen LogP contribution in [-0.2, 0) is 9.63 Å². The minimum Gasteiger partial charge on any atom is -0.482 e. The van der Waals surface area contributed by atoms with Crippen molar-refractivity contribution in [3.63, 3.8) is 0 Å². The van der Waals surface area contributed by atoms with Gasteiger partial charge in [-0.3, -0.25) is 14.4 Å². The fourth-order valence-electron chi connectivity index (χ4n) is 2.24. The zero-order valence-electron chi connectivity index (χ0n) is 12.8. The van der Waals surface area contributed by atoms with Crippen molar-refractivity contribution in [2.24, 2.45) is 5.73 Å². The van der Waals surface area contributed by atoms with Gasteiger partial charge in [-0.1, -0.05) is 17.2 Å². The minimum absolute atomic E-state index is 0.170. The zero-order chi connectivity index (χ0) is 18.0. The van der Waals surface area contributed by atoms with Gasteiger partial charge in [0.1, 0.15) is 5.75 Å². The normalized spacial score (nSPS) is 12.7. The minimum atomic E-state index is -0.923. The van der Waals surface area contributed by atoms with Gasteiger partial charge >= 0.3 is 5.97 Å². The number of carbonyl (C=O) groups excluding carboxylic acids is 4. The summed E-state index contributed by atoms with van der Waals surface area (Å²) in [6.45, 7) is -0.524. The van der Waals surface area contributed by atoms with Gasteiger partial charge in [-0.25, -0.2) is 4.79 Å². The monoisotopic (exact) mass is 340 g/mol. The Bertz CT molecular complexity index is 840. The first-order chi connectivity index (χ1) is 12.0. The Morgan fingerprint density at radius 2 is 1.48 bits per heavy atom. The maximum Gasteiger partial charge on any atom is 0.370 e. The lowest BCUT2D eigenvalue weighted by atomic mass is 10.1. The zero-order valence-corrected chi connectivity index (χ0v) is 12.8. The van der Waals surface area contributed by atoms with E-state index in [0.717, 1.165) is 0 Å². The number of carbonyl (C=O) groups is 4. The molecule has 1 aliphatic rings. The molecule has 0 fully saturated rings. The molecular formula is C17H12N2O6. The van der Waals surface area contributed by atoms with Gasteiger partial charge in [0.25, 0.3) is 11.8 Å². The maximum atomic E-state index is 12.1. The van der Waals surface area contributed by atoms with Gasteiger partial charge in [0.2, 0.25) is 5.91 Å². The summed E-state index contributed by atoms with van der Waals surface area (Å²) >= 11 is 0. The number of hydrogen-bond acceptors (Lipinski definition) is 6. The molecule has 8 heteroatoms. The molecule has 2 aromatic rings. The number of hydrogen-bond donors (Lipinski definition) is 1. The molecule has 1 aliphatic heterocycles. The van der Waals surface area contributed by atoms with Gasteiger partial charge in [0, 0.05) is 5.56 Å². The lowest BCUT2D eigenvalue weighted by Crippen LogP contribution is -2.34. The van der Waals surface area contributed by atoms with E-state index in [1.54, 1.807) is 12.1 Å². The van der Waals surface area contributed by atoms with E-state index in [-0.39, 0.29) is 11.1 Å². The number of fused-ring (bicyclic) bond motifs is 1. The molecule has 25 heavy (non-hydrogen) atoms. The summed E-state index contributed by atoms with van der Waals surface area (Å²) < 4.78 is 5.18. The highest BCUT2D eigenvalue weighted by atomic mass is 16.7. The van der Waals surface area contributed by atoms with Gasteiger partial charge in [0.05, 0.1) is 11.1 Å². The molecule has 8 nitrogen and oxygen atoms in total. The van der Waals surface area contributed by atoms with E-state index in [9.17, 15) is 19.2 Å². The summed E-state index contributed by atoms with van der Waals surface area (Å²) in [5, 5.41) is 0.409. The Morgan fingerprint density at radius 1 is 0.920 bits per heavy atom. The molecule has 0 aromatic heterocycles. The number of imide groups is 1. The van der Waals surface area contributed by atoms with Crippen molar-refractivity contribution in [3.05, 3.63) is 65.2 Å². The molecule has 2 aromatic carbocycles. The van der Waals surface area contributed by atoms with Crippen LogP contribution in [0.3, 0.4) is 0 Å². The highest BCUT2D eigenvalue weighted by Gasteiger charge is 2.38. The van der Waals surface area contributed by atoms with Crippen LogP contribution in [0.5, 0.6) is 5.75 Å². The largest absolute Gasteiger partial charge is 0.482 e. The molecular weight excluding hydrogens is 328 g/mol. The van der Waals surface area contributed by atoms with E-state index in [1.807, 2.05) is 0 Å². The summed E-state index contributed by atoms with van der Waals surface area (Å²) in [4.78, 5) is 51.7. The maximum absolute atomic E-state index is 12.1. The van der Waals surface area contributed by atoms with Crippen LogP contribution in [0.25, 0.3) is 0 Å². The average Bonchev–Trinajstić information content (AvgIpc) is 2.86. The Labute approximate surface area is 141 Å². The first-order valence-electron chi connectivity index (χ1n) is 7.18. The van der Waals surface area contributed by atoms with Crippen molar-refractivity contribution in [1.29, 1.82) is 0 Å². The highest BCUT2D eigenvalue weighted by Crippen LogP contribution is 2.22. The molecule has 2 N–H and O–H groups in total. The second-order valence-corrected chi connectivity index (χ2v) is 5.09. The predicted octanol–water partition coefficient (Wildman–Crippen LogP) is 0.919. The SMILES string of the molecule is NC(=O)c1ccc(OCC(=O)ON2C(=O)c3ccccc3C2=O)cc1. The number of rotatable bonds is 5. The number of amides is 3. The Balaban J connectivity index is 1.59. The lowest BCUT2D eigenvalue weighted by molar-refractivity contribution is -0.170. The number of ether oxygens (including phenoxy) is 1. The van der Waals surface area contributed by atoms with Crippen LogP contribution >= 0.6 is 0 Å². The van der Waals surface area contributed by atoms with Crippen LogP contribution in [-0.4, -0.2) is 35.4 Å². The summed E-state index contributed by atoms with van der Waals surface area (Å²) in [5.74, 6) is -2.63. The van der Waals surface area contributed by atoms with Crippen LogP contribution in [0.15, 0.2) is 48.5 Å². The fraction of sp³-hybridized carbons (Fsp3) is 0.0588. The van der Waals surface area contributed by atoms with Crippen LogP contribution in [0.1, 0.15) is 31.1 Å². The smallest absolute Gasteiger partial charge is 0.370 e. The molecule has 1 heterocycles. The second kappa shape index (κ2) is 6.44. The Hall–Kier alpha value is -3.68. The van der Waals surface area contributed by atoms with Gasteiger partial charge < -0.3 is 15.3 Å². The first-order valence-corrected chi connectivity index (χ1v) is 7.18. The van der Waals surface area contributed by atoms with Gasteiger partial charge in [-0.2, -0.15) is 0 Å². The van der Waals surface area contributed by atoms with Gasteiger partial charge in [-0.05, 0) is 36.4 Å². The second-order valence-electron chi connectivity index (χ2n) is 5.09. The highest BCUT2D eigenvalue weighted by molar-refractivity contribution is 6.20. The van der Waals surface area contributed by atoms with Crippen molar-refractivity contribution in [3.8, 4) is 5.75 Å². The molecule has 0 spiro atoms. The Morgan fingerprint density at radius 3 is 2.00 bits per heavy atom. The number of hydroxylamine groups is 2. The van der Waals surface area contributed by atoms with E-state index in [4.69, 9.17) is 15.3 Å². The summed E-state index contributed by atoms with van der Waals surface area (Å²) in [7, 11) is 0. The topological polar surface area (TPSA) is 116 Å². The standard InChI is InChI=1S/C17H12N2O6/c18-15(21)10-5-7-11(8-6-10)24-9-14(20)25-19-16(22)12-3-1-2-4-13(12)17(19)23/h1-8H,9H2,(H2,18,21). The van der Waals surface area contributed by atoms with E-state index in [0.29, 0.717) is 16.4 Å². The van der Waals surface area contributed by atoms with Crippen LogP contribution in [0, 0.1) is 0 Å². The third-order valence-electron chi connectivity index (χ3n) is 3.45. The summed E-state index contributed by atoms with van der Waals surface area (Å²) in [6.07, 6.45) is 0. The molecule has 0 bridgehead atoms. The third kappa shape index (κ3) is 3.18. The molecule has 0 unspecified atom stereocenters. The predicted molar refractivity (Wildman–Crippen MR) is 83.5 cm³/mol. The van der Waals surface area contributed by atoms with Crippen molar-refractivity contribution < 1.29 is 28.8 Å². The van der Waals surface area contributed by atoms with Crippen LogP contribution < -0.4 is 10.5 Å². The molecule has 0 saturated carbocycles. The van der Waals surface area contributed by atoms with E-state index in [2.05, 4.69) is 0 Å². The van der Waals surface area contributed by atoms with Crippen LogP contribution in [0.4, 0.5) is 0 Å². The molecule has 0 atom stereocenters. The molecule has 0 radical (unpaired) electrons. The molecule has 126 valence electrons. The number of primary amides is 1. The Kier molecular flexibility index (Phi) is 4.17. The van der Waals surface area contributed by atoms with Crippen molar-refractivity contribution >= 4 is 23.7 Å². The molecule has 0 aliphatic carbocycles. The van der Waals surface area contributed by atoms with Crippen molar-refractivity contribution in [1.82, 2.24) is 5.06 Å². The fourth-order valence-corrected chi connectivity index (χ4v) is 2.24. The summed E-state index contributed by atoms with van der Waals surface area (Å²) in [5.41, 5.74) is 5.75.